The molecule has 0 aliphatic carbocycles. The van der Waals surface area contributed by atoms with E-state index in [2.05, 4.69) is 20.7 Å². The third-order valence-corrected chi connectivity index (χ3v) is 2.81. The van der Waals surface area contributed by atoms with E-state index in [-0.39, 0.29) is 24.3 Å². The molecule has 7 heteroatoms. The Hall–Kier alpha value is -1.75. The minimum absolute atomic E-state index is 0.0694. The third-order valence-electron chi connectivity index (χ3n) is 2.81. The van der Waals surface area contributed by atoms with Gasteiger partial charge in [0.25, 0.3) is 0 Å². The summed E-state index contributed by atoms with van der Waals surface area (Å²) in [6.45, 7) is 4.99. The maximum Gasteiger partial charge on any atom is 0.225 e. The number of carbonyl (C=O) groups excluding carboxylic acids is 2. The zero-order chi connectivity index (χ0) is 14.5. The number of azide groups is 1. The average Bonchev–Trinajstić information content (AvgIpc) is 2.42. The highest BCUT2D eigenvalue weighted by Gasteiger charge is 2.08. The number of hydrogen-bond acceptors (Lipinski definition) is 3. The molecule has 2 amide bonds. The predicted octanol–water partition coefficient (Wildman–Crippen LogP) is 1.75. The van der Waals surface area contributed by atoms with E-state index in [1.165, 1.54) is 0 Å². The molecule has 1 unspecified atom stereocenters. The summed E-state index contributed by atoms with van der Waals surface area (Å²) < 4.78 is 0. The first-order valence-electron chi connectivity index (χ1n) is 6.67. The second-order valence-electron chi connectivity index (χ2n) is 4.40. The van der Waals surface area contributed by atoms with Crippen molar-refractivity contribution >= 4 is 11.8 Å². The van der Waals surface area contributed by atoms with Crippen LogP contribution >= 0.6 is 0 Å². The first-order valence-corrected chi connectivity index (χ1v) is 6.67. The third kappa shape index (κ3) is 9.91. The van der Waals surface area contributed by atoms with Gasteiger partial charge in [-0.15, -0.1) is 0 Å². The lowest BCUT2D eigenvalue weighted by Gasteiger charge is -2.09. The molecule has 0 rings (SSSR count). The summed E-state index contributed by atoms with van der Waals surface area (Å²) in [5.41, 5.74) is 8.03. The molecule has 0 aliphatic heterocycles. The maximum atomic E-state index is 11.4. The Morgan fingerprint density at radius 1 is 1.21 bits per heavy atom. The van der Waals surface area contributed by atoms with Gasteiger partial charge in [-0.1, -0.05) is 19.0 Å². The fraction of sp³-hybridized carbons (Fsp3) is 0.833. The van der Waals surface area contributed by atoms with Gasteiger partial charge < -0.3 is 10.6 Å². The van der Waals surface area contributed by atoms with Gasteiger partial charge in [0.1, 0.15) is 6.54 Å². The Kier molecular flexibility index (Phi) is 10.3. The molecule has 0 aromatic carbocycles. The summed E-state index contributed by atoms with van der Waals surface area (Å²) >= 11 is 0. The van der Waals surface area contributed by atoms with Gasteiger partial charge in [0.2, 0.25) is 11.8 Å². The minimum atomic E-state index is -0.261. The van der Waals surface area contributed by atoms with Crippen LogP contribution in [0.15, 0.2) is 5.11 Å². The number of unbranched alkanes of at least 4 members (excludes halogenated alkanes) is 2. The van der Waals surface area contributed by atoms with E-state index >= 15 is 0 Å². The second-order valence-corrected chi connectivity index (χ2v) is 4.40. The van der Waals surface area contributed by atoms with Crippen molar-refractivity contribution in [1.29, 1.82) is 0 Å². The summed E-state index contributed by atoms with van der Waals surface area (Å²) in [7, 11) is 0. The monoisotopic (exact) mass is 269 g/mol. The van der Waals surface area contributed by atoms with Crippen LogP contribution < -0.4 is 10.6 Å². The fourth-order valence-electron chi connectivity index (χ4n) is 1.38. The van der Waals surface area contributed by atoms with Gasteiger partial charge in [-0.2, -0.15) is 0 Å². The van der Waals surface area contributed by atoms with Crippen molar-refractivity contribution < 1.29 is 9.59 Å². The standard InChI is InChI=1S/C12H23N5O2/c1-3-10(2)12(19)15-8-6-4-5-7-14-11(18)9-16-17-13/h10H,3-9H2,1-2H3,(H,14,18)(H,15,19). The Labute approximate surface area is 113 Å². The van der Waals surface area contributed by atoms with Crippen molar-refractivity contribution in [2.24, 2.45) is 11.0 Å². The van der Waals surface area contributed by atoms with E-state index in [0.29, 0.717) is 13.1 Å². The van der Waals surface area contributed by atoms with Crippen molar-refractivity contribution in [2.45, 2.75) is 39.5 Å². The van der Waals surface area contributed by atoms with Gasteiger partial charge in [0.15, 0.2) is 0 Å². The zero-order valence-electron chi connectivity index (χ0n) is 11.7. The smallest absolute Gasteiger partial charge is 0.225 e. The summed E-state index contributed by atoms with van der Waals surface area (Å²) in [5.74, 6) is -0.0898. The lowest BCUT2D eigenvalue weighted by Crippen LogP contribution is -2.30. The lowest BCUT2D eigenvalue weighted by molar-refractivity contribution is -0.124. The fourth-order valence-corrected chi connectivity index (χ4v) is 1.38. The summed E-state index contributed by atoms with van der Waals surface area (Å²) in [4.78, 5) is 25.0. The highest BCUT2D eigenvalue weighted by Crippen LogP contribution is 2.00. The molecule has 0 fully saturated rings. The van der Waals surface area contributed by atoms with Crippen molar-refractivity contribution in [2.75, 3.05) is 19.6 Å². The van der Waals surface area contributed by atoms with Crippen molar-refractivity contribution in [1.82, 2.24) is 10.6 Å². The molecule has 0 aliphatic rings. The van der Waals surface area contributed by atoms with E-state index in [9.17, 15) is 9.59 Å². The molecule has 19 heavy (non-hydrogen) atoms. The Morgan fingerprint density at radius 3 is 2.42 bits per heavy atom. The van der Waals surface area contributed by atoms with Gasteiger partial charge >= 0.3 is 0 Å². The quantitative estimate of drug-likeness (QED) is 0.273. The number of hydrogen-bond donors (Lipinski definition) is 2. The van der Waals surface area contributed by atoms with E-state index in [1.54, 1.807) is 0 Å². The minimum Gasteiger partial charge on any atom is -0.356 e. The SMILES string of the molecule is CCC(C)C(=O)NCCCCCNC(=O)CN=[N+]=[N-]. The van der Waals surface area contributed by atoms with Gasteiger partial charge in [-0.05, 0) is 31.2 Å². The number of rotatable bonds is 10. The molecule has 0 saturated carbocycles. The van der Waals surface area contributed by atoms with E-state index < -0.39 is 0 Å². The average molecular weight is 269 g/mol. The van der Waals surface area contributed by atoms with Crippen molar-refractivity contribution in [3.8, 4) is 0 Å². The van der Waals surface area contributed by atoms with Gasteiger partial charge in [0, 0.05) is 23.9 Å². The molecule has 0 spiro atoms. The van der Waals surface area contributed by atoms with Crippen LogP contribution in [0, 0.1) is 5.92 Å². The van der Waals surface area contributed by atoms with Crippen molar-refractivity contribution in [3.05, 3.63) is 10.4 Å². The predicted molar refractivity (Wildman–Crippen MR) is 73.3 cm³/mol. The molecular formula is C12H23N5O2. The molecule has 0 bridgehead atoms. The van der Waals surface area contributed by atoms with Crippen LogP contribution in [0.25, 0.3) is 10.4 Å². The van der Waals surface area contributed by atoms with E-state index in [1.807, 2.05) is 13.8 Å². The molecule has 2 N–H and O–H groups in total. The Balaban J connectivity index is 3.39. The zero-order valence-corrected chi connectivity index (χ0v) is 11.7. The molecule has 0 aromatic rings. The molecule has 0 heterocycles. The van der Waals surface area contributed by atoms with Gasteiger partial charge in [-0.3, -0.25) is 9.59 Å². The van der Waals surface area contributed by atoms with Crippen LogP contribution in [0.1, 0.15) is 39.5 Å². The highest BCUT2D eigenvalue weighted by atomic mass is 16.2. The normalized spacial score (nSPS) is 11.3. The first kappa shape index (κ1) is 17.2. The van der Waals surface area contributed by atoms with Crippen LogP contribution in [-0.4, -0.2) is 31.4 Å². The maximum absolute atomic E-state index is 11.4. The van der Waals surface area contributed by atoms with Crippen LogP contribution in [0.3, 0.4) is 0 Å². The Bertz CT molecular complexity index is 326. The molecule has 7 nitrogen and oxygen atoms in total. The van der Waals surface area contributed by atoms with E-state index in [4.69, 9.17) is 5.53 Å². The molecule has 0 aromatic heterocycles. The summed E-state index contributed by atoms with van der Waals surface area (Å²) in [6.07, 6.45) is 3.53. The van der Waals surface area contributed by atoms with Crippen LogP contribution in [0.4, 0.5) is 0 Å². The molecule has 0 radical (unpaired) electrons. The summed E-state index contributed by atoms with van der Waals surface area (Å²) in [5, 5.41) is 8.70. The number of carbonyl (C=O) groups is 2. The largest absolute Gasteiger partial charge is 0.356 e. The first-order chi connectivity index (χ1) is 9.11. The number of nitrogens with one attached hydrogen (secondary N) is 2. The second kappa shape index (κ2) is 11.3. The van der Waals surface area contributed by atoms with Crippen LogP contribution in [0.2, 0.25) is 0 Å². The topological polar surface area (TPSA) is 107 Å². The molecule has 108 valence electrons. The number of nitrogens with zero attached hydrogens (tertiary/aromatic N) is 3. The highest BCUT2D eigenvalue weighted by molar-refractivity contribution is 5.78. The molecule has 0 saturated heterocycles. The van der Waals surface area contributed by atoms with Gasteiger partial charge in [0.05, 0.1) is 0 Å². The van der Waals surface area contributed by atoms with Crippen molar-refractivity contribution in [3.63, 3.8) is 0 Å². The number of amides is 2. The Morgan fingerprint density at radius 2 is 1.84 bits per heavy atom. The van der Waals surface area contributed by atoms with E-state index in [0.717, 1.165) is 25.7 Å². The molecule has 1 atom stereocenters. The van der Waals surface area contributed by atoms with Crippen LogP contribution in [0.5, 0.6) is 0 Å². The molecular weight excluding hydrogens is 246 g/mol. The van der Waals surface area contributed by atoms with Gasteiger partial charge in [-0.25, -0.2) is 0 Å². The summed E-state index contributed by atoms with van der Waals surface area (Å²) in [6, 6.07) is 0. The van der Waals surface area contributed by atoms with Crippen LogP contribution in [-0.2, 0) is 9.59 Å². The lowest BCUT2D eigenvalue weighted by atomic mass is 10.1.